The van der Waals surface area contributed by atoms with Crippen LogP contribution in [0.3, 0.4) is 0 Å². The first kappa shape index (κ1) is 20.4. The first-order valence-electron chi connectivity index (χ1n) is 7.55. The quantitative estimate of drug-likeness (QED) is 0.272. The SMILES string of the molecule is C=CCOc1cccc(N(CC(=O)Cl)S(=O)(=O)c2cccc([N+](=O)[O-])c2)c1. The molecule has 0 spiro atoms. The summed E-state index contributed by atoms with van der Waals surface area (Å²) in [6.07, 6.45) is 1.52. The lowest BCUT2D eigenvalue weighted by atomic mass is 10.3. The van der Waals surface area contributed by atoms with Gasteiger partial charge in [0.25, 0.3) is 15.7 Å². The van der Waals surface area contributed by atoms with Gasteiger partial charge >= 0.3 is 0 Å². The summed E-state index contributed by atoms with van der Waals surface area (Å²) in [7, 11) is -4.29. The highest BCUT2D eigenvalue weighted by atomic mass is 35.5. The predicted molar refractivity (Wildman–Crippen MR) is 101 cm³/mol. The van der Waals surface area contributed by atoms with Crippen LogP contribution in [0.4, 0.5) is 11.4 Å². The molecule has 0 aromatic heterocycles. The van der Waals surface area contributed by atoms with E-state index in [1.54, 1.807) is 12.1 Å². The molecular formula is C17H15ClN2O6S. The number of hydrogen-bond donors (Lipinski definition) is 0. The maximum absolute atomic E-state index is 13.0. The van der Waals surface area contributed by atoms with Gasteiger partial charge in [0.1, 0.15) is 18.9 Å². The number of nitrogens with zero attached hydrogens (tertiary/aromatic N) is 2. The first-order chi connectivity index (χ1) is 12.8. The van der Waals surface area contributed by atoms with Crippen LogP contribution in [-0.2, 0) is 14.8 Å². The molecule has 0 amide bonds. The Bertz CT molecular complexity index is 977. The van der Waals surface area contributed by atoms with Crippen LogP contribution in [-0.4, -0.2) is 31.7 Å². The summed E-state index contributed by atoms with van der Waals surface area (Å²) in [4.78, 5) is 21.3. The van der Waals surface area contributed by atoms with Crippen LogP contribution < -0.4 is 9.04 Å². The molecule has 10 heteroatoms. The zero-order chi connectivity index (χ0) is 20.0. The molecule has 2 aromatic rings. The predicted octanol–water partition coefficient (Wildman–Crippen LogP) is 3.12. The number of ether oxygens (including phenoxy) is 1. The topological polar surface area (TPSA) is 107 Å². The van der Waals surface area contributed by atoms with Gasteiger partial charge in [0.15, 0.2) is 0 Å². The maximum Gasteiger partial charge on any atom is 0.270 e. The second-order valence-corrected chi connectivity index (χ2v) is 7.50. The Morgan fingerprint density at radius 3 is 2.59 bits per heavy atom. The number of anilines is 1. The molecule has 2 rings (SSSR count). The number of non-ortho nitro benzene ring substituents is 1. The van der Waals surface area contributed by atoms with E-state index in [0.29, 0.717) is 5.75 Å². The van der Waals surface area contributed by atoms with Crippen molar-refractivity contribution in [3.8, 4) is 5.75 Å². The lowest BCUT2D eigenvalue weighted by molar-refractivity contribution is -0.385. The van der Waals surface area contributed by atoms with Crippen molar-refractivity contribution in [1.29, 1.82) is 0 Å². The number of rotatable bonds is 9. The van der Waals surface area contributed by atoms with Crippen LogP contribution in [0.1, 0.15) is 0 Å². The third-order valence-electron chi connectivity index (χ3n) is 3.36. The number of sulfonamides is 1. The molecule has 0 heterocycles. The van der Waals surface area contributed by atoms with Crippen molar-refractivity contribution >= 4 is 38.2 Å². The molecule has 0 fully saturated rings. The number of nitro benzene ring substituents is 1. The minimum atomic E-state index is -4.29. The standard InChI is InChI=1S/C17H15ClN2O6S/c1-2-9-26-15-7-3-5-13(10-15)19(12-17(18)21)27(24,25)16-8-4-6-14(11-16)20(22)23/h2-8,10-11H,1,9,12H2. The van der Waals surface area contributed by atoms with Gasteiger partial charge in [0.2, 0.25) is 5.24 Å². The van der Waals surface area contributed by atoms with Crippen molar-refractivity contribution in [2.75, 3.05) is 17.5 Å². The summed E-state index contributed by atoms with van der Waals surface area (Å²) in [6.45, 7) is 3.07. The Kier molecular flexibility index (Phi) is 6.54. The molecule has 8 nitrogen and oxygen atoms in total. The number of carbonyl (C=O) groups is 1. The molecule has 27 heavy (non-hydrogen) atoms. The van der Waals surface area contributed by atoms with Crippen LogP contribution in [0.5, 0.6) is 5.75 Å². The zero-order valence-corrected chi connectivity index (χ0v) is 15.5. The monoisotopic (exact) mass is 410 g/mol. The van der Waals surface area contributed by atoms with E-state index in [0.717, 1.165) is 10.4 Å². The van der Waals surface area contributed by atoms with Gasteiger partial charge < -0.3 is 4.74 Å². The molecule has 2 aromatic carbocycles. The number of halogens is 1. The molecule has 0 saturated carbocycles. The Hall–Kier alpha value is -2.91. The van der Waals surface area contributed by atoms with Crippen LogP contribution in [0.15, 0.2) is 66.1 Å². The molecule has 0 N–H and O–H groups in total. The fourth-order valence-corrected chi connectivity index (χ4v) is 3.84. The van der Waals surface area contributed by atoms with Crippen molar-refractivity contribution in [3.63, 3.8) is 0 Å². The summed E-state index contributed by atoms with van der Waals surface area (Å²) in [5, 5.41) is 10.0. The Labute approximate surface area is 160 Å². The van der Waals surface area contributed by atoms with E-state index in [1.807, 2.05) is 0 Å². The summed E-state index contributed by atoms with van der Waals surface area (Å²) in [6, 6.07) is 10.5. The van der Waals surface area contributed by atoms with Gasteiger partial charge in [-0.25, -0.2) is 8.42 Å². The van der Waals surface area contributed by atoms with E-state index < -0.39 is 32.4 Å². The highest BCUT2D eigenvalue weighted by Gasteiger charge is 2.28. The third kappa shape index (κ3) is 5.05. The molecule has 0 atom stereocenters. The maximum atomic E-state index is 13.0. The minimum absolute atomic E-state index is 0.122. The van der Waals surface area contributed by atoms with E-state index in [4.69, 9.17) is 16.3 Å². The molecular weight excluding hydrogens is 396 g/mol. The fourth-order valence-electron chi connectivity index (χ4n) is 2.20. The second-order valence-electron chi connectivity index (χ2n) is 5.22. The smallest absolute Gasteiger partial charge is 0.270 e. The average molecular weight is 411 g/mol. The zero-order valence-electron chi connectivity index (χ0n) is 13.9. The Balaban J connectivity index is 2.52. The van der Waals surface area contributed by atoms with E-state index in [-0.39, 0.29) is 17.2 Å². The number of nitro groups is 1. The Morgan fingerprint density at radius 2 is 1.96 bits per heavy atom. The minimum Gasteiger partial charge on any atom is -0.489 e. The van der Waals surface area contributed by atoms with Crippen molar-refractivity contribution < 1.29 is 22.9 Å². The van der Waals surface area contributed by atoms with Crippen LogP contribution in [0.25, 0.3) is 0 Å². The van der Waals surface area contributed by atoms with E-state index in [1.165, 1.54) is 36.4 Å². The fraction of sp³-hybridized carbons (Fsp3) is 0.118. The third-order valence-corrected chi connectivity index (χ3v) is 5.25. The normalized spacial score (nSPS) is 10.9. The van der Waals surface area contributed by atoms with Gasteiger partial charge in [0.05, 0.1) is 15.5 Å². The van der Waals surface area contributed by atoms with Crippen molar-refractivity contribution in [2.45, 2.75) is 4.90 Å². The highest BCUT2D eigenvalue weighted by molar-refractivity contribution is 7.92. The first-order valence-corrected chi connectivity index (χ1v) is 9.37. The molecule has 0 bridgehead atoms. The van der Waals surface area contributed by atoms with Gasteiger partial charge in [-0.2, -0.15) is 0 Å². The van der Waals surface area contributed by atoms with Gasteiger partial charge in [-0.05, 0) is 29.8 Å². The van der Waals surface area contributed by atoms with Crippen molar-refractivity contribution in [2.24, 2.45) is 0 Å². The van der Waals surface area contributed by atoms with E-state index in [2.05, 4.69) is 6.58 Å². The van der Waals surface area contributed by atoms with Gasteiger partial charge in [-0.1, -0.05) is 24.8 Å². The lowest BCUT2D eigenvalue weighted by Crippen LogP contribution is -2.34. The van der Waals surface area contributed by atoms with Gasteiger partial charge in [-0.15, -0.1) is 0 Å². The molecule has 0 unspecified atom stereocenters. The van der Waals surface area contributed by atoms with Gasteiger partial charge in [0, 0.05) is 18.2 Å². The number of carbonyl (C=O) groups excluding carboxylic acids is 1. The average Bonchev–Trinajstić information content (AvgIpc) is 2.64. The highest BCUT2D eigenvalue weighted by Crippen LogP contribution is 2.28. The molecule has 0 saturated heterocycles. The second kappa shape index (κ2) is 8.65. The van der Waals surface area contributed by atoms with Crippen molar-refractivity contribution in [3.05, 3.63) is 71.3 Å². The summed E-state index contributed by atoms with van der Waals surface area (Å²) in [5.41, 5.74) is -0.270. The summed E-state index contributed by atoms with van der Waals surface area (Å²) in [5.74, 6) is 0.355. The molecule has 0 radical (unpaired) electrons. The molecule has 0 aliphatic heterocycles. The van der Waals surface area contributed by atoms with Crippen LogP contribution in [0, 0.1) is 10.1 Å². The summed E-state index contributed by atoms with van der Waals surface area (Å²) >= 11 is 5.42. The van der Waals surface area contributed by atoms with Crippen LogP contribution >= 0.6 is 11.6 Å². The molecule has 0 aliphatic rings. The number of hydrogen-bond acceptors (Lipinski definition) is 6. The molecule has 142 valence electrons. The van der Waals surface area contributed by atoms with Crippen LogP contribution in [0.2, 0.25) is 0 Å². The van der Waals surface area contributed by atoms with E-state index >= 15 is 0 Å². The lowest BCUT2D eigenvalue weighted by Gasteiger charge is -2.23. The number of benzene rings is 2. The molecule has 0 aliphatic carbocycles. The Morgan fingerprint density at radius 1 is 1.26 bits per heavy atom. The van der Waals surface area contributed by atoms with Gasteiger partial charge in [-0.3, -0.25) is 19.2 Å². The summed E-state index contributed by atoms with van der Waals surface area (Å²) < 4.78 is 32.1. The largest absolute Gasteiger partial charge is 0.489 e. The van der Waals surface area contributed by atoms with Crippen molar-refractivity contribution in [1.82, 2.24) is 0 Å². The van der Waals surface area contributed by atoms with E-state index in [9.17, 15) is 23.3 Å².